The highest BCUT2D eigenvalue weighted by atomic mass is 19.1. The molecule has 11 heteroatoms. The van der Waals surface area contributed by atoms with Crippen LogP contribution in [0.1, 0.15) is 148 Å². The van der Waals surface area contributed by atoms with E-state index >= 15 is 4.39 Å². The maximum atomic E-state index is 15.2. The van der Waals surface area contributed by atoms with Crippen molar-refractivity contribution in [1.82, 2.24) is 4.90 Å². The van der Waals surface area contributed by atoms with Crippen molar-refractivity contribution in [2.45, 2.75) is 191 Å². The minimum atomic E-state index is -1.61. The second kappa shape index (κ2) is 26.2. The van der Waals surface area contributed by atoms with E-state index in [0.29, 0.717) is 18.3 Å². The molecule has 1 spiro atoms. The second-order valence-electron chi connectivity index (χ2n) is 16.3. The molecule has 52 heavy (non-hydrogen) atoms. The molecule has 8 atom stereocenters. The summed E-state index contributed by atoms with van der Waals surface area (Å²) in [5, 5.41) is 62.2. The summed E-state index contributed by atoms with van der Waals surface area (Å²) < 4.78 is 31.7. The molecule has 3 saturated heterocycles. The number of halogens is 1. The third-order valence-electron chi connectivity index (χ3n) is 11.5. The van der Waals surface area contributed by atoms with E-state index in [-0.39, 0.29) is 18.9 Å². The first-order valence-electron chi connectivity index (χ1n) is 21.1. The summed E-state index contributed by atoms with van der Waals surface area (Å²) in [7, 11) is 0. The van der Waals surface area contributed by atoms with Gasteiger partial charge in [0.25, 0.3) is 0 Å². The van der Waals surface area contributed by atoms with Crippen LogP contribution in [-0.2, 0) is 14.2 Å². The van der Waals surface area contributed by atoms with Crippen LogP contribution in [0.4, 0.5) is 4.39 Å². The number of hydrogen-bond acceptors (Lipinski definition) is 10. The maximum absolute atomic E-state index is 15.2. The predicted molar refractivity (Wildman–Crippen MR) is 201 cm³/mol. The monoisotopic (exact) mass is 746 g/mol. The number of aliphatic hydroxyl groups is 6. The van der Waals surface area contributed by atoms with Crippen molar-refractivity contribution in [2.24, 2.45) is 11.3 Å². The van der Waals surface area contributed by atoms with Crippen molar-refractivity contribution in [3.8, 4) is 0 Å². The molecule has 0 aliphatic carbocycles. The maximum Gasteiger partial charge on any atom is 0.186 e. The summed E-state index contributed by atoms with van der Waals surface area (Å²) in [5.41, 5.74) is 0.490. The molecular formula is C41H76FNO9. The highest BCUT2D eigenvalue weighted by Gasteiger charge is 2.48. The van der Waals surface area contributed by atoms with E-state index in [1.165, 1.54) is 103 Å². The number of unbranched alkanes of at least 4 members (excludes halogenated alkanes) is 18. The Morgan fingerprint density at radius 3 is 1.85 bits per heavy atom. The van der Waals surface area contributed by atoms with Gasteiger partial charge >= 0.3 is 0 Å². The minimum absolute atomic E-state index is 0.223. The second-order valence-corrected chi connectivity index (χ2v) is 16.3. The molecule has 3 rings (SSSR count). The molecule has 0 aromatic rings. The van der Waals surface area contributed by atoms with Gasteiger partial charge in [0, 0.05) is 24.4 Å². The zero-order chi connectivity index (χ0) is 37.6. The van der Waals surface area contributed by atoms with Crippen molar-refractivity contribution in [3.63, 3.8) is 0 Å². The van der Waals surface area contributed by atoms with E-state index in [9.17, 15) is 30.6 Å². The fourth-order valence-electron chi connectivity index (χ4n) is 7.95. The van der Waals surface area contributed by atoms with Crippen LogP contribution in [0.3, 0.4) is 0 Å². The molecule has 0 aromatic heterocycles. The Hall–Kier alpha value is -0.730. The third-order valence-corrected chi connectivity index (χ3v) is 11.5. The van der Waals surface area contributed by atoms with Crippen LogP contribution >= 0.6 is 0 Å². The fraction of sp³-hybridized carbons (Fsp3) is 0.951. The molecule has 5 unspecified atom stereocenters. The normalized spacial score (nSPS) is 26.6. The van der Waals surface area contributed by atoms with Gasteiger partial charge in [-0.25, -0.2) is 4.39 Å². The topological polar surface area (TPSA) is 152 Å². The summed E-state index contributed by atoms with van der Waals surface area (Å²) in [6.07, 6.45) is 15.2. The van der Waals surface area contributed by atoms with Crippen LogP contribution in [0, 0.1) is 11.3 Å². The molecule has 10 nitrogen and oxygen atoms in total. The number of ether oxygens (including phenoxy) is 3. The quantitative estimate of drug-likeness (QED) is 0.0472. The molecule has 6 N–H and O–H groups in total. The predicted octanol–water partition coefficient (Wildman–Crippen LogP) is 5.93. The Labute approximate surface area is 314 Å². The highest BCUT2D eigenvalue weighted by molar-refractivity contribution is 5.01. The Kier molecular flexibility index (Phi) is 23.0. The van der Waals surface area contributed by atoms with Gasteiger partial charge in [0.05, 0.1) is 44.5 Å². The van der Waals surface area contributed by atoms with Crippen molar-refractivity contribution in [1.29, 1.82) is 0 Å². The summed E-state index contributed by atoms with van der Waals surface area (Å²) in [5.74, 6) is -1.32. The van der Waals surface area contributed by atoms with Gasteiger partial charge in [0.1, 0.15) is 24.4 Å². The molecular weight excluding hydrogens is 669 g/mol. The average molecular weight is 746 g/mol. The smallest absolute Gasteiger partial charge is 0.186 e. The lowest BCUT2D eigenvalue weighted by atomic mass is 9.78. The lowest BCUT2D eigenvalue weighted by Crippen LogP contribution is -2.65. The minimum Gasteiger partial charge on any atom is -0.394 e. The van der Waals surface area contributed by atoms with Gasteiger partial charge in [-0.2, -0.15) is 0 Å². The Morgan fingerprint density at radius 1 is 0.769 bits per heavy atom. The van der Waals surface area contributed by atoms with Crippen LogP contribution in [0.15, 0.2) is 11.9 Å². The number of aliphatic hydroxyl groups excluding tert-OH is 6. The molecule has 3 aliphatic heterocycles. The molecule has 3 aliphatic rings. The van der Waals surface area contributed by atoms with E-state index < -0.39 is 55.4 Å². The number of hydrogen-bond donors (Lipinski definition) is 6. The van der Waals surface area contributed by atoms with Crippen LogP contribution in [-0.4, -0.2) is 125 Å². The van der Waals surface area contributed by atoms with E-state index in [1.54, 1.807) is 0 Å². The van der Waals surface area contributed by atoms with Gasteiger partial charge in [-0.3, -0.25) is 0 Å². The molecule has 3 fully saturated rings. The van der Waals surface area contributed by atoms with Gasteiger partial charge in [-0.05, 0) is 38.3 Å². The van der Waals surface area contributed by atoms with Gasteiger partial charge < -0.3 is 49.7 Å². The Balaban J connectivity index is 1.34. The number of likely N-dealkylation sites (tertiary alicyclic amines) is 1. The first kappa shape index (κ1) is 45.7. The number of nitrogens with zero attached hydrogens (tertiary/aromatic N) is 1. The standard InChI is InChI=1S/C41H76FNO9/c1-2-3-4-5-6-7-8-9-10-14-17-20-23-34(45)36(46)32(27-51-40-39(49)38(48)37(47)35(26-44)52-40)25-33(42)22-19-16-13-11-12-15-18-21-24-43-28-41(29-43)30-50-31-41/h25,32,34-40,44-49H,2-24,26-31H2,1H3/b33-25+/t32-,34+,35?,36-,37?,38?,39?,40?/m0/s1. The zero-order valence-corrected chi connectivity index (χ0v) is 32.4. The molecule has 306 valence electrons. The van der Waals surface area contributed by atoms with E-state index in [0.717, 1.165) is 58.2 Å². The molecule has 0 radical (unpaired) electrons. The lowest BCUT2D eigenvalue weighted by Gasteiger charge is -2.55. The van der Waals surface area contributed by atoms with E-state index in [4.69, 9.17) is 14.2 Å². The van der Waals surface area contributed by atoms with Crippen LogP contribution in [0.25, 0.3) is 0 Å². The summed E-state index contributed by atoms with van der Waals surface area (Å²) >= 11 is 0. The van der Waals surface area contributed by atoms with Crippen LogP contribution in [0.2, 0.25) is 0 Å². The molecule has 0 aromatic carbocycles. The Bertz CT molecular complexity index is 930. The first-order chi connectivity index (χ1) is 25.2. The fourth-order valence-corrected chi connectivity index (χ4v) is 7.95. The zero-order valence-electron chi connectivity index (χ0n) is 32.4. The van der Waals surface area contributed by atoms with E-state index in [1.807, 2.05) is 0 Å². The molecule has 3 heterocycles. The van der Waals surface area contributed by atoms with Crippen molar-refractivity contribution in [2.75, 3.05) is 46.1 Å². The third kappa shape index (κ3) is 16.6. The molecule has 0 bridgehead atoms. The summed E-state index contributed by atoms with van der Waals surface area (Å²) in [4.78, 5) is 2.54. The van der Waals surface area contributed by atoms with Crippen molar-refractivity contribution >= 4 is 0 Å². The largest absolute Gasteiger partial charge is 0.394 e. The number of allylic oxidation sites excluding steroid dienone is 1. The van der Waals surface area contributed by atoms with Gasteiger partial charge in [0.2, 0.25) is 0 Å². The van der Waals surface area contributed by atoms with Crippen molar-refractivity contribution < 1.29 is 49.2 Å². The van der Waals surface area contributed by atoms with Gasteiger partial charge in [-0.1, -0.05) is 122 Å². The molecule has 0 saturated carbocycles. The van der Waals surface area contributed by atoms with E-state index in [2.05, 4.69) is 11.8 Å². The summed E-state index contributed by atoms with van der Waals surface area (Å²) in [6, 6.07) is 0. The number of rotatable bonds is 31. The first-order valence-corrected chi connectivity index (χ1v) is 21.1. The van der Waals surface area contributed by atoms with Crippen molar-refractivity contribution in [3.05, 3.63) is 11.9 Å². The lowest BCUT2D eigenvalue weighted by molar-refractivity contribution is -0.303. The summed E-state index contributed by atoms with van der Waals surface area (Å²) in [6.45, 7) is 6.80. The molecule has 0 amide bonds. The van der Waals surface area contributed by atoms with Crippen LogP contribution < -0.4 is 0 Å². The van der Waals surface area contributed by atoms with Gasteiger partial charge in [-0.15, -0.1) is 0 Å². The average Bonchev–Trinajstić information content (AvgIpc) is 3.10. The Morgan fingerprint density at radius 2 is 1.31 bits per heavy atom. The SMILES string of the molecule is CCCCCCCCCCCCCC[C@@H](O)[C@@H](O)[C@@H](/C=C(/F)CCCCCCCCCCN1CC2(COC2)C1)COC1OC(CO)C(O)C(O)C1O. The van der Waals surface area contributed by atoms with Gasteiger partial charge in [0.15, 0.2) is 6.29 Å². The highest BCUT2D eigenvalue weighted by Crippen LogP contribution is 2.37. The van der Waals surface area contributed by atoms with Crippen LogP contribution in [0.5, 0.6) is 0 Å².